The zero-order valence-corrected chi connectivity index (χ0v) is 18.8. The second kappa shape index (κ2) is 9.53. The maximum absolute atomic E-state index is 12.8. The van der Waals surface area contributed by atoms with Gasteiger partial charge in [0.2, 0.25) is 11.8 Å². The number of carbonyl (C=O) groups is 3. The highest BCUT2D eigenvalue weighted by Gasteiger charge is 2.24. The summed E-state index contributed by atoms with van der Waals surface area (Å²) < 4.78 is 0. The standard InChI is InChI=1S/C25H30N4O3/c1-18-13-19(2)15-20(14-18)25(32)28-11-9-27(10-12-28)17-23(30)26-21-5-3-6-22(16-21)29-8-4-7-24(29)31/h3,5-6,13-16H,4,7-12,17H2,1-2H3,(H,26,30). The average molecular weight is 435 g/mol. The highest BCUT2D eigenvalue weighted by Crippen LogP contribution is 2.24. The van der Waals surface area contributed by atoms with Crippen LogP contribution < -0.4 is 10.2 Å². The molecule has 168 valence electrons. The summed E-state index contributed by atoms with van der Waals surface area (Å²) in [4.78, 5) is 43.1. The summed E-state index contributed by atoms with van der Waals surface area (Å²) in [5.41, 5.74) is 4.41. The Bertz CT molecular complexity index is 1010. The molecule has 7 nitrogen and oxygen atoms in total. The van der Waals surface area contributed by atoms with Crippen LogP contribution in [0.15, 0.2) is 42.5 Å². The number of hydrogen-bond acceptors (Lipinski definition) is 4. The molecule has 0 aliphatic carbocycles. The van der Waals surface area contributed by atoms with Crippen LogP contribution in [0.1, 0.15) is 34.3 Å². The molecular formula is C25H30N4O3. The van der Waals surface area contributed by atoms with Gasteiger partial charge in [0.25, 0.3) is 5.91 Å². The Labute approximate surface area is 189 Å². The summed E-state index contributed by atoms with van der Waals surface area (Å²) >= 11 is 0. The van der Waals surface area contributed by atoms with Crippen LogP contribution in [0.5, 0.6) is 0 Å². The van der Waals surface area contributed by atoms with E-state index >= 15 is 0 Å². The predicted octanol–water partition coefficient (Wildman–Crippen LogP) is 2.83. The average Bonchev–Trinajstić information content (AvgIpc) is 3.19. The van der Waals surface area contributed by atoms with Gasteiger partial charge in [-0.3, -0.25) is 19.3 Å². The van der Waals surface area contributed by atoms with Crippen LogP contribution in [0.25, 0.3) is 0 Å². The molecule has 2 aromatic carbocycles. The second-order valence-electron chi connectivity index (χ2n) is 8.69. The Kier molecular flexibility index (Phi) is 6.55. The third kappa shape index (κ3) is 5.16. The summed E-state index contributed by atoms with van der Waals surface area (Å²) in [6.07, 6.45) is 1.45. The molecule has 7 heteroatoms. The quantitative estimate of drug-likeness (QED) is 0.786. The van der Waals surface area contributed by atoms with Crippen molar-refractivity contribution in [3.8, 4) is 0 Å². The normalized spacial score (nSPS) is 17.0. The van der Waals surface area contributed by atoms with Crippen molar-refractivity contribution in [2.24, 2.45) is 0 Å². The lowest BCUT2D eigenvalue weighted by Gasteiger charge is -2.34. The first-order valence-electron chi connectivity index (χ1n) is 11.2. The van der Waals surface area contributed by atoms with Crippen LogP contribution in [0.4, 0.5) is 11.4 Å². The molecule has 2 heterocycles. The number of hydrogen-bond donors (Lipinski definition) is 1. The van der Waals surface area contributed by atoms with Crippen LogP contribution in [0.3, 0.4) is 0 Å². The molecule has 0 spiro atoms. The second-order valence-corrected chi connectivity index (χ2v) is 8.69. The molecule has 0 atom stereocenters. The molecular weight excluding hydrogens is 404 g/mol. The molecule has 4 rings (SSSR count). The van der Waals surface area contributed by atoms with Gasteiger partial charge in [0.1, 0.15) is 0 Å². The Morgan fingerprint density at radius 2 is 1.66 bits per heavy atom. The topological polar surface area (TPSA) is 73.0 Å². The van der Waals surface area contributed by atoms with Crippen molar-refractivity contribution >= 4 is 29.1 Å². The van der Waals surface area contributed by atoms with E-state index < -0.39 is 0 Å². The van der Waals surface area contributed by atoms with Crippen molar-refractivity contribution in [3.05, 3.63) is 59.2 Å². The van der Waals surface area contributed by atoms with Gasteiger partial charge in [-0.2, -0.15) is 0 Å². The first kappa shape index (κ1) is 22.0. The van der Waals surface area contributed by atoms with Crippen LogP contribution in [-0.2, 0) is 9.59 Å². The molecule has 0 bridgehead atoms. The maximum atomic E-state index is 12.8. The third-order valence-electron chi connectivity index (χ3n) is 6.01. The zero-order valence-electron chi connectivity index (χ0n) is 18.8. The van der Waals surface area contributed by atoms with Gasteiger partial charge in [-0.05, 0) is 50.6 Å². The Morgan fingerprint density at radius 1 is 0.938 bits per heavy atom. The molecule has 2 saturated heterocycles. The highest BCUT2D eigenvalue weighted by molar-refractivity contribution is 5.97. The van der Waals surface area contributed by atoms with Gasteiger partial charge in [0.05, 0.1) is 6.54 Å². The number of rotatable bonds is 5. The van der Waals surface area contributed by atoms with Crippen LogP contribution >= 0.6 is 0 Å². The van der Waals surface area contributed by atoms with Gasteiger partial charge in [0.15, 0.2) is 0 Å². The molecule has 2 aliphatic rings. The molecule has 0 unspecified atom stereocenters. The molecule has 2 aromatic rings. The van der Waals surface area contributed by atoms with Crippen molar-refractivity contribution in [3.63, 3.8) is 0 Å². The van der Waals surface area contributed by atoms with Crippen LogP contribution in [-0.4, -0.2) is 66.8 Å². The van der Waals surface area contributed by atoms with Gasteiger partial charge >= 0.3 is 0 Å². The predicted molar refractivity (Wildman–Crippen MR) is 125 cm³/mol. The van der Waals surface area contributed by atoms with E-state index in [4.69, 9.17) is 0 Å². The maximum Gasteiger partial charge on any atom is 0.253 e. The number of aryl methyl sites for hydroxylation is 2. The number of anilines is 2. The van der Waals surface area contributed by atoms with E-state index in [2.05, 4.69) is 16.3 Å². The number of nitrogens with one attached hydrogen (secondary N) is 1. The lowest BCUT2D eigenvalue weighted by molar-refractivity contribution is -0.118. The summed E-state index contributed by atoms with van der Waals surface area (Å²) in [5.74, 6) is 0.0832. The number of benzene rings is 2. The molecule has 0 radical (unpaired) electrons. The molecule has 1 N–H and O–H groups in total. The van der Waals surface area contributed by atoms with Gasteiger partial charge in [-0.15, -0.1) is 0 Å². The molecule has 0 aromatic heterocycles. The first-order valence-corrected chi connectivity index (χ1v) is 11.2. The fraction of sp³-hybridized carbons (Fsp3) is 0.400. The zero-order chi connectivity index (χ0) is 22.7. The van der Waals surface area contributed by atoms with Crippen molar-refractivity contribution in [2.45, 2.75) is 26.7 Å². The fourth-order valence-corrected chi connectivity index (χ4v) is 4.47. The number of nitrogens with zero attached hydrogens (tertiary/aromatic N) is 3. The fourth-order valence-electron chi connectivity index (χ4n) is 4.47. The van der Waals surface area contributed by atoms with E-state index in [9.17, 15) is 14.4 Å². The molecule has 0 saturated carbocycles. The van der Waals surface area contributed by atoms with Gasteiger partial charge in [0, 0.05) is 56.1 Å². The minimum atomic E-state index is -0.0935. The smallest absolute Gasteiger partial charge is 0.253 e. The highest BCUT2D eigenvalue weighted by atomic mass is 16.2. The van der Waals surface area contributed by atoms with E-state index in [0.29, 0.717) is 38.3 Å². The van der Waals surface area contributed by atoms with Gasteiger partial charge in [-0.1, -0.05) is 23.3 Å². The van der Waals surface area contributed by atoms with Crippen molar-refractivity contribution < 1.29 is 14.4 Å². The number of amides is 3. The molecule has 3 amide bonds. The molecule has 32 heavy (non-hydrogen) atoms. The number of piperazine rings is 1. The summed E-state index contributed by atoms with van der Waals surface area (Å²) in [6.45, 7) is 7.52. The van der Waals surface area contributed by atoms with E-state index in [-0.39, 0.29) is 24.3 Å². The lowest BCUT2D eigenvalue weighted by atomic mass is 10.1. The third-order valence-corrected chi connectivity index (χ3v) is 6.01. The van der Waals surface area contributed by atoms with E-state index in [1.165, 1.54) is 0 Å². The van der Waals surface area contributed by atoms with Gasteiger partial charge in [-0.25, -0.2) is 0 Å². The minimum absolute atomic E-state index is 0.0502. The van der Waals surface area contributed by atoms with Gasteiger partial charge < -0.3 is 15.1 Å². The van der Waals surface area contributed by atoms with Crippen molar-refractivity contribution in [1.82, 2.24) is 9.80 Å². The summed E-state index contributed by atoms with van der Waals surface area (Å²) in [6, 6.07) is 13.4. The lowest BCUT2D eigenvalue weighted by Crippen LogP contribution is -2.50. The molecule has 2 fully saturated rings. The molecule has 2 aliphatic heterocycles. The monoisotopic (exact) mass is 434 g/mol. The SMILES string of the molecule is Cc1cc(C)cc(C(=O)N2CCN(CC(=O)Nc3cccc(N4CCCC4=O)c3)CC2)c1. The largest absolute Gasteiger partial charge is 0.336 e. The van der Waals surface area contributed by atoms with Crippen molar-refractivity contribution in [2.75, 3.05) is 49.5 Å². The summed E-state index contributed by atoms with van der Waals surface area (Å²) in [7, 11) is 0. The van der Waals surface area contributed by atoms with Crippen LogP contribution in [0, 0.1) is 13.8 Å². The minimum Gasteiger partial charge on any atom is -0.336 e. The van der Waals surface area contributed by atoms with E-state index in [1.807, 2.05) is 55.1 Å². The Morgan fingerprint density at radius 3 is 2.31 bits per heavy atom. The first-order chi connectivity index (χ1) is 15.4. The van der Waals surface area contributed by atoms with E-state index in [0.717, 1.165) is 35.3 Å². The van der Waals surface area contributed by atoms with E-state index in [1.54, 1.807) is 4.90 Å². The van der Waals surface area contributed by atoms with Crippen LogP contribution in [0.2, 0.25) is 0 Å². The number of carbonyl (C=O) groups excluding carboxylic acids is 3. The Balaban J connectivity index is 1.28. The Hall–Kier alpha value is -3.19. The van der Waals surface area contributed by atoms with Crippen molar-refractivity contribution in [1.29, 1.82) is 0 Å². The summed E-state index contributed by atoms with van der Waals surface area (Å²) in [5, 5.41) is 2.94.